The molecule has 0 saturated heterocycles. The molecule has 1 rings (SSSR count). The summed E-state index contributed by atoms with van der Waals surface area (Å²) < 4.78 is 10.5. The summed E-state index contributed by atoms with van der Waals surface area (Å²) >= 11 is 0. The maximum atomic E-state index is 10.9. The van der Waals surface area contributed by atoms with Crippen LogP contribution in [0, 0.1) is 16.0 Å². The lowest BCUT2D eigenvalue weighted by Gasteiger charge is -2.13. The first-order chi connectivity index (χ1) is 9.08. The fourth-order valence-corrected chi connectivity index (χ4v) is 1.59. The molecule has 0 aliphatic rings. The minimum atomic E-state index is -0.478. The molecule has 0 aromatic heterocycles. The molecule has 0 heterocycles. The molecule has 0 aliphatic heterocycles. The second-order valence-corrected chi connectivity index (χ2v) is 4.31. The average Bonchev–Trinajstić information content (AvgIpc) is 2.42. The van der Waals surface area contributed by atoms with Crippen molar-refractivity contribution in [1.29, 1.82) is 0 Å². The summed E-state index contributed by atoms with van der Waals surface area (Å²) in [4.78, 5) is 10.4. The van der Waals surface area contributed by atoms with Gasteiger partial charge in [0.1, 0.15) is 5.75 Å². The van der Waals surface area contributed by atoms with Crippen LogP contribution < -0.4 is 14.8 Å². The van der Waals surface area contributed by atoms with Gasteiger partial charge in [0.25, 0.3) is 0 Å². The molecule has 0 radical (unpaired) electrons. The van der Waals surface area contributed by atoms with Gasteiger partial charge in [-0.2, -0.15) is 0 Å². The zero-order valence-corrected chi connectivity index (χ0v) is 11.5. The molecule has 6 heteroatoms. The van der Waals surface area contributed by atoms with E-state index in [0.29, 0.717) is 18.3 Å². The summed E-state index contributed by atoms with van der Waals surface area (Å²) in [5, 5.41) is 14.1. The Bertz CT molecular complexity index is 423. The smallest absolute Gasteiger partial charge is 0.314 e. The Morgan fingerprint density at radius 2 is 2.21 bits per heavy atom. The van der Waals surface area contributed by atoms with Crippen LogP contribution in [0.5, 0.6) is 11.5 Å². The molecule has 1 aromatic carbocycles. The molecule has 6 nitrogen and oxygen atoms in total. The van der Waals surface area contributed by atoms with Crippen molar-refractivity contribution < 1.29 is 14.4 Å². The summed E-state index contributed by atoms with van der Waals surface area (Å²) in [6.45, 7) is 6.38. The lowest BCUT2D eigenvalue weighted by Crippen LogP contribution is -2.24. The normalized spacial score (nSPS) is 11.9. The van der Waals surface area contributed by atoms with Crippen molar-refractivity contribution in [2.45, 2.75) is 13.8 Å². The molecule has 0 spiro atoms. The van der Waals surface area contributed by atoms with Gasteiger partial charge in [-0.05, 0) is 18.7 Å². The highest BCUT2D eigenvalue weighted by Gasteiger charge is 2.16. The molecule has 106 valence electrons. The first-order valence-electron chi connectivity index (χ1n) is 6.24. The first-order valence-corrected chi connectivity index (χ1v) is 6.24. The number of nitro groups is 1. The first kappa shape index (κ1) is 15.2. The monoisotopic (exact) mass is 268 g/mol. The Hall–Kier alpha value is -1.82. The lowest BCUT2D eigenvalue weighted by molar-refractivity contribution is -0.385. The number of ether oxygens (including phenoxy) is 2. The fraction of sp³-hybridized carbons (Fsp3) is 0.538. The third-order valence-corrected chi connectivity index (χ3v) is 2.62. The largest absolute Gasteiger partial charge is 0.493 e. The van der Waals surface area contributed by atoms with Gasteiger partial charge in [-0.3, -0.25) is 10.1 Å². The Balaban J connectivity index is 2.64. The van der Waals surface area contributed by atoms with Gasteiger partial charge >= 0.3 is 5.69 Å². The van der Waals surface area contributed by atoms with Crippen LogP contribution >= 0.6 is 0 Å². The topological polar surface area (TPSA) is 73.6 Å². The fourth-order valence-electron chi connectivity index (χ4n) is 1.59. The van der Waals surface area contributed by atoms with Crippen LogP contribution in [0.2, 0.25) is 0 Å². The molecule has 0 bridgehead atoms. The Morgan fingerprint density at radius 1 is 1.47 bits per heavy atom. The van der Waals surface area contributed by atoms with Gasteiger partial charge in [-0.25, -0.2) is 0 Å². The van der Waals surface area contributed by atoms with Gasteiger partial charge in [0.15, 0.2) is 5.75 Å². The van der Waals surface area contributed by atoms with E-state index in [9.17, 15) is 10.1 Å². The number of benzene rings is 1. The highest BCUT2D eigenvalue weighted by molar-refractivity contribution is 5.50. The van der Waals surface area contributed by atoms with E-state index in [2.05, 4.69) is 12.2 Å². The van der Waals surface area contributed by atoms with Crippen LogP contribution in [0.1, 0.15) is 13.8 Å². The van der Waals surface area contributed by atoms with Crippen molar-refractivity contribution in [2.75, 3.05) is 26.8 Å². The zero-order chi connectivity index (χ0) is 14.3. The third kappa shape index (κ3) is 4.75. The molecule has 0 fully saturated rings. The molecule has 0 amide bonds. The number of hydrogen-bond donors (Lipinski definition) is 1. The van der Waals surface area contributed by atoms with Gasteiger partial charge in [0, 0.05) is 12.5 Å². The maximum absolute atomic E-state index is 10.9. The zero-order valence-electron chi connectivity index (χ0n) is 11.5. The highest BCUT2D eigenvalue weighted by atomic mass is 16.6. The molecule has 1 atom stereocenters. The van der Waals surface area contributed by atoms with Crippen molar-refractivity contribution in [1.82, 2.24) is 5.32 Å². The van der Waals surface area contributed by atoms with Crippen molar-refractivity contribution >= 4 is 5.69 Å². The predicted molar refractivity (Wildman–Crippen MR) is 72.9 cm³/mol. The average molecular weight is 268 g/mol. The van der Waals surface area contributed by atoms with E-state index < -0.39 is 4.92 Å². The van der Waals surface area contributed by atoms with Crippen molar-refractivity contribution in [2.24, 2.45) is 5.92 Å². The standard InChI is InChI=1S/C13H20N2O4/c1-4-14-8-10(2)9-19-11-5-6-13(18-3)12(7-11)15(16)17/h5-7,10,14H,4,8-9H2,1-3H3. The van der Waals surface area contributed by atoms with Crippen LogP contribution in [0.3, 0.4) is 0 Å². The van der Waals surface area contributed by atoms with Crippen LogP contribution in [-0.2, 0) is 0 Å². The SMILES string of the molecule is CCNCC(C)COc1ccc(OC)c([N+](=O)[O-])c1. The summed E-state index contributed by atoms with van der Waals surface area (Å²) in [6, 6.07) is 4.60. The van der Waals surface area contributed by atoms with Crippen LogP contribution in [0.4, 0.5) is 5.69 Å². The van der Waals surface area contributed by atoms with Crippen LogP contribution in [0.25, 0.3) is 0 Å². The van der Waals surface area contributed by atoms with E-state index in [1.165, 1.54) is 13.2 Å². The van der Waals surface area contributed by atoms with Crippen LogP contribution in [0.15, 0.2) is 18.2 Å². The summed E-state index contributed by atoms with van der Waals surface area (Å²) in [6.07, 6.45) is 0. The van der Waals surface area contributed by atoms with E-state index >= 15 is 0 Å². The molecule has 1 unspecified atom stereocenters. The number of nitrogens with one attached hydrogen (secondary N) is 1. The second-order valence-electron chi connectivity index (χ2n) is 4.31. The van der Waals surface area contributed by atoms with Gasteiger partial charge < -0.3 is 14.8 Å². The molecule has 1 aromatic rings. The van der Waals surface area contributed by atoms with Crippen LogP contribution in [-0.4, -0.2) is 31.7 Å². The quantitative estimate of drug-likeness (QED) is 0.578. The van der Waals surface area contributed by atoms with Gasteiger partial charge in [-0.15, -0.1) is 0 Å². The summed E-state index contributed by atoms with van der Waals surface area (Å²) in [5.41, 5.74) is -0.0839. The highest BCUT2D eigenvalue weighted by Crippen LogP contribution is 2.30. The minimum absolute atomic E-state index is 0.0839. The molecule has 0 aliphatic carbocycles. The Kier molecular flexibility index (Phi) is 6.08. The lowest BCUT2D eigenvalue weighted by atomic mass is 10.2. The number of hydrogen-bond acceptors (Lipinski definition) is 5. The molecule has 19 heavy (non-hydrogen) atoms. The second kappa shape index (κ2) is 7.58. The minimum Gasteiger partial charge on any atom is -0.493 e. The maximum Gasteiger partial charge on any atom is 0.314 e. The van der Waals surface area contributed by atoms with Gasteiger partial charge in [0.05, 0.1) is 24.7 Å². The van der Waals surface area contributed by atoms with E-state index in [4.69, 9.17) is 9.47 Å². The van der Waals surface area contributed by atoms with E-state index in [-0.39, 0.29) is 11.4 Å². The van der Waals surface area contributed by atoms with Gasteiger partial charge in [-0.1, -0.05) is 13.8 Å². The Morgan fingerprint density at radius 3 is 2.79 bits per heavy atom. The molecule has 0 saturated carbocycles. The van der Waals surface area contributed by atoms with E-state index in [0.717, 1.165) is 13.1 Å². The Labute approximate surface area is 112 Å². The van der Waals surface area contributed by atoms with E-state index in [1.54, 1.807) is 12.1 Å². The molecule has 1 N–H and O–H groups in total. The van der Waals surface area contributed by atoms with Gasteiger partial charge in [0.2, 0.25) is 0 Å². The summed E-state index contributed by atoms with van der Waals surface area (Å²) in [7, 11) is 1.40. The van der Waals surface area contributed by atoms with Crippen molar-refractivity contribution in [3.8, 4) is 11.5 Å². The number of nitrogens with zero attached hydrogens (tertiary/aromatic N) is 1. The molecular weight excluding hydrogens is 248 g/mol. The van der Waals surface area contributed by atoms with Crippen molar-refractivity contribution in [3.05, 3.63) is 28.3 Å². The number of methoxy groups -OCH3 is 1. The van der Waals surface area contributed by atoms with E-state index in [1.807, 2.05) is 6.92 Å². The predicted octanol–water partition coefficient (Wildman–Crippen LogP) is 2.23. The summed E-state index contributed by atoms with van der Waals surface area (Å²) in [5.74, 6) is 1.05. The number of rotatable bonds is 8. The number of nitro benzene ring substituents is 1. The third-order valence-electron chi connectivity index (χ3n) is 2.62. The van der Waals surface area contributed by atoms with Crippen molar-refractivity contribution in [3.63, 3.8) is 0 Å². The molecular formula is C13H20N2O4.